The Balaban J connectivity index is 1.14. The smallest absolute Gasteiger partial charge is 0.217 e. The van der Waals surface area contributed by atoms with Gasteiger partial charge in [-0.2, -0.15) is 0 Å². The third kappa shape index (κ3) is 16.2. The lowest BCUT2D eigenvalue weighted by atomic mass is 9.93. The molecule has 540 valence electrons. The van der Waals surface area contributed by atoms with E-state index in [1.54, 1.807) is 0 Å². The summed E-state index contributed by atoms with van der Waals surface area (Å²) >= 11 is 0. The number of carbonyl (C=O) groups is 2. The molecule has 93 heavy (non-hydrogen) atoms. The van der Waals surface area contributed by atoms with E-state index in [1.807, 2.05) is 0 Å². The van der Waals surface area contributed by atoms with E-state index in [-0.39, 0.29) is 0 Å². The van der Waals surface area contributed by atoms with Crippen molar-refractivity contribution in [3.63, 3.8) is 0 Å². The van der Waals surface area contributed by atoms with Crippen molar-refractivity contribution in [1.29, 1.82) is 0 Å². The zero-order valence-electron chi connectivity index (χ0n) is 50.1. The lowest BCUT2D eigenvalue weighted by molar-refractivity contribution is -0.400. The van der Waals surface area contributed by atoms with E-state index in [0.717, 1.165) is 13.8 Å². The number of rotatable bonds is 22. The summed E-state index contributed by atoms with van der Waals surface area (Å²) in [5.74, 6) is -1.91. The van der Waals surface area contributed by atoms with Crippen LogP contribution in [0, 0.1) is 0 Å². The summed E-state index contributed by atoms with van der Waals surface area (Å²) in [4.78, 5) is 26.6. The van der Waals surface area contributed by atoms with Crippen molar-refractivity contribution in [1.82, 2.24) is 10.6 Å². The first-order valence-electron chi connectivity index (χ1n) is 29.9. The van der Waals surface area contributed by atoms with Crippen molar-refractivity contribution < 1.29 is 193 Å². The third-order valence-corrected chi connectivity index (χ3v) is 17.4. The van der Waals surface area contributed by atoms with Gasteiger partial charge in [-0.1, -0.05) is 0 Å². The first-order valence-corrected chi connectivity index (χ1v) is 29.9. The van der Waals surface area contributed by atoms with Gasteiger partial charge in [0.1, 0.15) is 183 Å². The lowest BCUT2D eigenvalue weighted by Gasteiger charge is -2.52. The van der Waals surface area contributed by atoms with E-state index in [2.05, 4.69) is 10.6 Å². The highest BCUT2D eigenvalue weighted by Gasteiger charge is 2.61. The molecule has 41 heteroatoms. The Morgan fingerprint density at radius 2 is 0.559 bits per heavy atom. The second-order valence-electron chi connectivity index (χ2n) is 23.8. The highest BCUT2D eigenvalue weighted by atomic mass is 16.8. The molecule has 2 amide bonds. The fourth-order valence-electron chi connectivity index (χ4n) is 12.2. The van der Waals surface area contributed by atoms with E-state index in [4.69, 9.17) is 71.1 Å². The number of amides is 2. The van der Waals surface area contributed by atoms with E-state index < -0.39 is 297 Å². The normalized spacial score (nSPS) is 51.6. The van der Waals surface area contributed by atoms with Crippen molar-refractivity contribution >= 4 is 11.8 Å². The zero-order chi connectivity index (χ0) is 68.5. The van der Waals surface area contributed by atoms with Crippen molar-refractivity contribution in [2.24, 2.45) is 0 Å². The number of hydrogen-bond acceptors (Lipinski definition) is 39. The molecule has 8 aliphatic rings. The molecule has 41 nitrogen and oxygen atoms in total. The average molecular weight is 1370 g/mol. The number of hydrogen-bond donors (Lipinski definition) is 24. The Hall–Kier alpha value is -2.54. The second-order valence-corrected chi connectivity index (χ2v) is 23.8. The molecular weight excluding hydrogens is 1280 g/mol. The molecule has 24 N–H and O–H groups in total. The number of ether oxygens (including phenoxy) is 15. The second kappa shape index (κ2) is 32.6. The maximum atomic E-state index is 13.3. The molecule has 0 aromatic rings. The topological polar surface area (TPSA) is 642 Å². The first-order chi connectivity index (χ1) is 43.9. The maximum absolute atomic E-state index is 13.3. The van der Waals surface area contributed by atoms with Gasteiger partial charge >= 0.3 is 0 Å². The fraction of sp³-hybridized carbons (Fsp3) is 0.962. The Kier molecular flexibility index (Phi) is 26.7. The summed E-state index contributed by atoms with van der Waals surface area (Å²) in [7, 11) is 0. The van der Waals surface area contributed by atoms with Crippen LogP contribution in [0.4, 0.5) is 0 Å². The minimum Gasteiger partial charge on any atom is -0.394 e. The van der Waals surface area contributed by atoms with Gasteiger partial charge in [0, 0.05) is 13.8 Å². The van der Waals surface area contributed by atoms with Gasteiger partial charge in [0.25, 0.3) is 0 Å². The molecule has 8 rings (SSSR count). The minimum absolute atomic E-state index is 0.947. The Morgan fingerprint density at radius 3 is 0.914 bits per heavy atom. The molecule has 0 saturated carbocycles. The van der Waals surface area contributed by atoms with Crippen LogP contribution >= 0.6 is 0 Å². The summed E-state index contributed by atoms with van der Waals surface area (Å²) in [6.07, 6.45) is -75.3. The van der Waals surface area contributed by atoms with Gasteiger partial charge in [0.15, 0.2) is 50.3 Å². The average Bonchev–Trinajstić information content (AvgIpc) is 0.833. The summed E-state index contributed by atoms with van der Waals surface area (Å²) < 4.78 is 88.9. The molecule has 0 spiro atoms. The summed E-state index contributed by atoms with van der Waals surface area (Å²) in [6, 6.07) is -3.90. The van der Waals surface area contributed by atoms with Gasteiger partial charge in [-0.25, -0.2) is 0 Å². The molecule has 0 bridgehead atoms. The van der Waals surface area contributed by atoms with Crippen molar-refractivity contribution in [2.45, 2.75) is 273 Å². The Bertz CT molecular complexity index is 2350. The molecular formula is C52H88N2O39. The van der Waals surface area contributed by atoms with Gasteiger partial charge in [0.2, 0.25) is 11.8 Å². The predicted molar refractivity (Wildman–Crippen MR) is 285 cm³/mol. The van der Waals surface area contributed by atoms with Crippen LogP contribution in [-0.4, -0.2) is 409 Å². The largest absolute Gasteiger partial charge is 0.394 e. The maximum Gasteiger partial charge on any atom is 0.217 e. The van der Waals surface area contributed by atoms with Gasteiger partial charge < -0.3 is 194 Å². The molecule has 40 atom stereocenters. The van der Waals surface area contributed by atoms with Gasteiger partial charge in [-0.15, -0.1) is 0 Å². The fourth-order valence-corrected chi connectivity index (χ4v) is 12.2. The zero-order valence-corrected chi connectivity index (χ0v) is 50.1. The van der Waals surface area contributed by atoms with E-state index in [0.29, 0.717) is 0 Å². The first kappa shape index (κ1) is 76.2. The van der Waals surface area contributed by atoms with E-state index in [9.17, 15) is 122 Å². The van der Waals surface area contributed by atoms with Crippen molar-refractivity contribution in [3.05, 3.63) is 0 Å². The summed E-state index contributed by atoms with van der Waals surface area (Å²) in [5.41, 5.74) is 0. The van der Waals surface area contributed by atoms with Gasteiger partial charge in [-0.05, 0) is 13.8 Å². The number of nitrogens with one attached hydrogen (secondary N) is 2. The van der Waals surface area contributed by atoms with Crippen LogP contribution in [0.1, 0.15) is 27.7 Å². The summed E-state index contributed by atoms with van der Waals surface area (Å²) in [6.45, 7) is -2.06. The molecule has 0 aromatic carbocycles. The van der Waals surface area contributed by atoms with E-state index >= 15 is 0 Å². The Morgan fingerprint density at radius 1 is 0.280 bits per heavy atom. The monoisotopic (exact) mass is 1360 g/mol. The minimum atomic E-state index is -2.43. The molecule has 8 heterocycles. The summed E-state index contributed by atoms with van der Waals surface area (Å²) in [5, 5.41) is 245. The van der Waals surface area contributed by atoms with E-state index in [1.165, 1.54) is 13.8 Å². The number of aliphatic hydroxyl groups is 22. The quantitative estimate of drug-likeness (QED) is 0.0479. The predicted octanol–water partition coefficient (Wildman–Crippen LogP) is -16.1. The van der Waals surface area contributed by atoms with Crippen LogP contribution < -0.4 is 10.6 Å². The van der Waals surface area contributed by atoms with Crippen LogP contribution in [0.2, 0.25) is 0 Å². The SMILES string of the molecule is CC(=O)N[C@H]1[C@H](O[C@H]2[C@@H](O)[C@@H](CO)O[C@@H](O[C@H]3[C@H](O)[C@@H](O)C(O)O[C@@H]3CO)[C@@H]2O)O[C@H](CO)[C@@H](O[C@@H]2O[C@H](CO)[C@H](O)[C@H](O[C@@H]3O[C@H](CO)[C@@H](O[C@@H]4O[C@@H](C)[C@@H](O)[C@@H](O)[C@@H]4O)[C@@H](O[C@@H]4O[C@H](CO)[C@H](O)[C@H](O)[C@H]4O)[C@H]3NC(C)=O)[C@H]2O)[C@@H]1O[C@@H]1O[C@@H](C)[C@@H](O)[C@@H](O)[C@@H]1O. The molecule has 8 fully saturated rings. The number of aliphatic hydroxyl groups excluding tert-OH is 22. The number of carbonyl (C=O) groups excluding carboxylic acids is 2. The molecule has 0 radical (unpaired) electrons. The third-order valence-electron chi connectivity index (χ3n) is 17.4. The highest BCUT2D eigenvalue weighted by molar-refractivity contribution is 5.73. The molecule has 8 saturated heterocycles. The molecule has 8 aliphatic heterocycles. The van der Waals surface area contributed by atoms with Crippen molar-refractivity contribution in [3.8, 4) is 0 Å². The van der Waals surface area contributed by atoms with Crippen molar-refractivity contribution in [2.75, 3.05) is 39.6 Å². The Labute approximate surface area is 527 Å². The van der Waals surface area contributed by atoms with Crippen LogP contribution in [0.3, 0.4) is 0 Å². The molecule has 0 aliphatic carbocycles. The standard InChI is InChI=1S/C52H88N2O39/c1-11-23(63)28(68)33(73)48(79-11)88-39-19(9-59)85-47(22(54-14(4)62)42(39)91-50-35(75)30(70)25(65)15(5-55)82-50)93-44-27(67)17(7-57)84-52(37(44)77)89-40-20(10-60)86-46(21(53-13(3)61)41(40)90-49-34(74)29(69)24(64)12(2)80-49)92-43-26(66)16(6-56)83-51(36(43)76)87-38-18(8-58)81-45(78)32(72)31(38)71/h11-12,15-52,55-60,63-78H,5-10H2,1-4H3,(H,53,61)(H,54,62)/t11-,12-,15+,16+,17+,18+,19+,20+,21+,22+,23+,24+,25-,26-,27-,28+,29+,30-,31+,32+,33-,34-,35+,36+,37+,38+,39+,40+,41+,42-,43-,44-,45?,46-,47-,48-,49-,50-,51-,52-/m0/s1. The molecule has 1 unspecified atom stereocenters. The van der Waals surface area contributed by atoms with Crippen LogP contribution in [0.5, 0.6) is 0 Å². The highest BCUT2D eigenvalue weighted by Crippen LogP contribution is 2.40. The van der Waals surface area contributed by atoms with Crippen LogP contribution in [0.15, 0.2) is 0 Å². The molecule has 0 aromatic heterocycles. The lowest BCUT2D eigenvalue weighted by Crippen LogP contribution is -2.72. The van der Waals surface area contributed by atoms with Crippen LogP contribution in [0.25, 0.3) is 0 Å². The van der Waals surface area contributed by atoms with Gasteiger partial charge in [-0.3, -0.25) is 9.59 Å². The van der Waals surface area contributed by atoms with Gasteiger partial charge in [0.05, 0.1) is 51.8 Å². The van der Waals surface area contributed by atoms with Crippen LogP contribution in [-0.2, 0) is 80.6 Å².